The molecule has 0 spiro atoms. The van der Waals surface area contributed by atoms with Crippen LogP contribution < -0.4 is 0 Å². The van der Waals surface area contributed by atoms with Gasteiger partial charge in [0.25, 0.3) is 0 Å². The van der Waals surface area contributed by atoms with E-state index >= 15 is 0 Å². The molecule has 0 aliphatic rings. The Hall–Kier alpha value is -3.39. The van der Waals surface area contributed by atoms with E-state index in [1.165, 1.54) is 0 Å². The average molecular weight is 328 g/mol. The Morgan fingerprint density at radius 1 is 1.16 bits per heavy atom. The van der Waals surface area contributed by atoms with Crippen LogP contribution in [0.2, 0.25) is 0 Å². The number of rotatable bonds is 4. The molecule has 5 heteroatoms. The molecule has 2 aromatic carbocycles. The number of nitrogens with zero attached hydrogens (tertiary/aromatic N) is 4. The van der Waals surface area contributed by atoms with Crippen molar-refractivity contribution in [3.8, 4) is 23.2 Å². The van der Waals surface area contributed by atoms with Gasteiger partial charge < -0.3 is 4.42 Å². The highest BCUT2D eigenvalue weighted by Crippen LogP contribution is 2.25. The van der Waals surface area contributed by atoms with Gasteiger partial charge in [0.05, 0.1) is 29.4 Å². The van der Waals surface area contributed by atoms with Crippen LogP contribution in [0.15, 0.2) is 65.3 Å². The third-order valence-electron chi connectivity index (χ3n) is 4.25. The Morgan fingerprint density at radius 2 is 1.96 bits per heavy atom. The molecule has 122 valence electrons. The highest BCUT2D eigenvalue weighted by atomic mass is 16.3. The number of hydrogen-bond donors (Lipinski definition) is 0. The van der Waals surface area contributed by atoms with Crippen LogP contribution >= 0.6 is 0 Å². The summed E-state index contributed by atoms with van der Waals surface area (Å²) in [6.07, 6.45) is 4.43. The maximum absolute atomic E-state index is 9.17. The first-order valence-corrected chi connectivity index (χ1v) is 8.19. The molecule has 4 rings (SSSR count). The smallest absolute Gasteiger partial charge is 0.230 e. The lowest BCUT2D eigenvalue weighted by Crippen LogP contribution is -1.97. The molecule has 0 saturated heterocycles. The van der Waals surface area contributed by atoms with Crippen molar-refractivity contribution >= 4 is 11.1 Å². The molecule has 25 heavy (non-hydrogen) atoms. The largest absolute Gasteiger partial charge is 0.436 e. The number of nitriles is 1. The minimum absolute atomic E-state index is 0.0676. The van der Waals surface area contributed by atoms with Crippen LogP contribution in [0.5, 0.6) is 0 Å². The molecule has 0 radical (unpaired) electrons. The summed E-state index contributed by atoms with van der Waals surface area (Å²) in [5.41, 5.74) is 4.37. The van der Waals surface area contributed by atoms with Gasteiger partial charge in [0.2, 0.25) is 5.89 Å². The van der Waals surface area contributed by atoms with E-state index in [1.54, 1.807) is 10.9 Å². The van der Waals surface area contributed by atoms with Crippen molar-refractivity contribution in [2.75, 3.05) is 0 Å². The van der Waals surface area contributed by atoms with Gasteiger partial charge in [-0.3, -0.25) is 0 Å². The molecule has 0 aliphatic heterocycles. The van der Waals surface area contributed by atoms with Gasteiger partial charge in [-0.2, -0.15) is 10.4 Å². The monoisotopic (exact) mass is 328 g/mol. The van der Waals surface area contributed by atoms with E-state index in [1.807, 2.05) is 61.7 Å². The Labute approximate surface area is 145 Å². The summed E-state index contributed by atoms with van der Waals surface area (Å²) in [5, 5.41) is 13.6. The van der Waals surface area contributed by atoms with E-state index in [0.717, 1.165) is 34.3 Å². The first-order valence-electron chi connectivity index (χ1n) is 8.19. The molecule has 1 unspecified atom stereocenters. The zero-order chi connectivity index (χ0) is 17.2. The van der Waals surface area contributed by atoms with Crippen LogP contribution in [0.4, 0.5) is 0 Å². The summed E-state index contributed by atoms with van der Waals surface area (Å²) in [6.45, 7) is 2.02. The summed E-state index contributed by atoms with van der Waals surface area (Å²) in [5.74, 6) is 0.488. The van der Waals surface area contributed by atoms with Gasteiger partial charge in [0, 0.05) is 6.20 Å². The quantitative estimate of drug-likeness (QED) is 0.544. The fourth-order valence-electron chi connectivity index (χ4n) is 2.83. The number of para-hydroxylation sites is 2. The van der Waals surface area contributed by atoms with Gasteiger partial charge in [-0.1, -0.05) is 31.2 Å². The summed E-state index contributed by atoms with van der Waals surface area (Å²) in [4.78, 5) is 4.49. The Balaban J connectivity index is 1.64. The molecular weight excluding hydrogens is 312 g/mol. The van der Waals surface area contributed by atoms with Crippen LogP contribution in [0.3, 0.4) is 0 Å². The maximum Gasteiger partial charge on any atom is 0.230 e. The number of oxazole rings is 1. The molecule has 0 bridgehead atoms. The second-order valence-corrected chi connectivity index (χ2v) is 5.84. The van der Waals surface area contributed by atoms with E-state index in [9.17, 15) is 5.26 Å². The molecular formula is C20H16N4O. The van der Waals surface area contributed by atoms with E-state index in [0.29, 0.717) is 5.89 Å². The van der Waals surface area contributed by atoms with Crippen molar-refractivity contribution in [2.24, 2.45) is 0 Å². The highest BCUT2D eigenvalue weighted by Gasteiger charge is 2.12. The second kappa shape index (κ2) is 6.25. The van der Waals surface area contributed by atoms with Crippen LogP contribution in [0.25, 0.3) is 28.2 Å². The van der Waals surface area contributed by atoms with Crippen molar-refractivity contribution in [3.05, 3.63) is 66.5 Å². The minimum atomic E-state index is -0.0676. The first-order chi connectivity index (χ1) is 12.3. The molecule has 5 nitrogen and oxygen atoms in total. The van der Waals surface area contributed by atoms with Gasteiger partial charge >= 0.3 is 0 Å². The van der Waals surface area contributed by atoms with Crippen LogP contribution in [-0.2, 0) is 0 Å². The van der Waals surface area contributed by atoms with Gasteiger partial charge in [-0.25, -0.2) is 9.67 Å². The lowest BCUT2D eigenvalue weighted by Gasteiger charge is -2.07. The Bertz CT molecular complexity index is 1020. The number of hydrogen-bond acceptors (Lipinski definition) is 4. The van der Waals surface area contributed by atoms with Gasteiger partial charge in [0.15, 0.2) is 5.58 Å². The van der Waals surface area contributed by atoms with Crippen LogP contribution in [0, 0.1) is 11.3 Å². The molecule has 2 aromatic heterocycles. The predicted octanol–water partition coefficient (Wildman–Crippen LogP) is 4.70. The molecule has 0 fully saturated rings. The van der Waals surface area contributed by atoms with Gasteiger partial charge in [-0.05, 0) is 36.2 Å². The number of fused-ring (bicyclic) bond motifs is 1. The topological polar surface area (TPSA) is 67.6 Å². The van der Waals surface area contributed by atoms with Crippen molar-refractivity contribution in [1.82, 2.24) is 14.8 Å². The summed E-state index contributed by atoms with van der Waals surface area (Å²) >= 11 is 0. The normalized spacial score (nSPS) is 12.2. The molecule has 0 saturated carbocycles. The predicted molar refractivity (Wildman–Crippen MR) is 95.2 cm³/mol. The Kier molecular flexibility index (Phi) is 3.79. The van der Waals surface area contributed by atoms with E-state index in [4.69, 9.17) is 4.42 Å². The standard InChI is InChI=1S/C20H16N4O/c1-2-14(11-21)15-7-9-17(10-8-15)24-13-16(12-22-24)20-23-18-5-3-4-6-19(18)25-20/h3-10,12-14H,2H2,1H3. The van der Waals surface area contributed by atoms with Crippen molar-refractivity contribution in [1.29, 1.82) is 5.26 Å². The van der Waals surface area contributed by atoms with Crippen molar-refractivity contribution in [2.45, 2.75) is 19.3 Å². The third-order valence-corrected chi connectivity index (χ3v) is 4.25. The van der Waals surface area contributed by atoms with Gasteiger partial charge in [-0.15, -0.1) is 0 Å². The minimum Gasteiger partial charge on any atom is -0.436 e. The second-order valence-electron chi connectivity index (χ2n) is 5.84. The lowest BCUT2D eigenvalue weighted by atomic mass is 9.98. The van der Waals surface area contributed by atoms with Crippen LogP contribution in [0.1, 0.15) is 24.8 Å². The SMILES string of the molecule is CCC(C#N)c1ccc(-n2cc(-c3nc4ccccc4o3)cn2)cc1. The zero-order valence-corrected chi connectivity index (χ0v) is 13.8. The molecule has 0 aliphatic carbocycles. The average Bonchev–Trinajstić information content (AvgIpc) is 3.30. The molecule has 0 amide bonds. The fraction of sp³-hybridized carbons (Fsp3) is 0.150. The fourth-order valence-corrected chi connectivity index (χ4v) is 2.83. The van der Waals surface area contributed by atoms with E-state index in [2.05, 4.69) is 16.2 Å². The van der Waals surface area contributed by atoms with E-state index < -0.39 is 0 Å². The van der Waals surface area contributed by atoms with E-state index in [-0.39, 0.29) is 5.92 Å². The highest BCUT2D eigenvalue weighted by molar-refractivity contribution is 5.75. The number of aromatic nitrogens is 3. The lowest BCUT2D eigenvalue weighted by molar-refractivity contribution is 0.620. The maximum atomic E-state index is 9.17. The van der Waals surface area contributed by atoms with Crippen molar-refractivity contribution < 1.29 is 4.42 Å². The summed E-state index contributed by atoms with van der Waals surface area (Å²) in [6, 6.07) is 17.9. The van der Waals surface area contributed by atoms with Crippen molar-refractivity contribution in [3.63, 3.8) is 0 Å². The zero-order valence-electron chi connectivity index (χ0n) is 13.8. The molecule has 0 N–H and O–H groups in total. The third kappa shape index (κ3) is 2.79. The molecule has 1 atom stereocenters. The summed E-state index contributed by atoms with van der Waals surface area (Å²) < 4.78 is 7.56. The van der Waals surface area contributed by atoms with Crippen LogP contribution in [-0.4, -0.2) is 14.8 Å². The number of benzene rings is 2. The first kappa shape index (κ1) is 15.2. The molecule has 2 heterocycles. The van der Waals surface area contributed by atoms with Gasteiger partial charge in [0.1, 0.15) is 5.52 Å². The molecule has 4 aromatic rings. The summed E-state index contributed by atoms with van der Waals surface area (Å²) in [7, 11) is 0. The Morgan fingerprint density at radius 3 is 2.68 bits per heavy atom.